The molecule has 0 N–H and O–H groups in total. The Hall–Kier alpha value is -1.94. The minimum Gasteiger partial charge on any atom is -0.274 e. The molecular formula is C14H11NO2S. The highest BCUT2D eigenvalue weighted by atomic mass is 32.1. The molecule has 1 aromatic carbocycles. The molecule has 0 saturated heterocycles. The molecule has 3 rings (SSSR count). The highest BCUT2D eigenvalue weighted by Crippen LogP contribution is 2.26. The number of carbonyl (C=O) groups excluding carboxylic acids is 2. The van der Waals surface area contributed by atoms with Crippen molar-refractivity contribution >= 4 is 33.2 Å². The van der Waals surface area contributed by atoms with E-state index < -0.39 is 0 Å². The van der Waals surface area contributed by atoms with Crippen LogP contribution in [0.3, 0.4) is 0 Å². The first kappa shape index (κ1) is 11.2. The lowest BCUT2D eigenvalue weighted by Gasteiger charge is -2.20. The minimum atomic E-state index is -0.219. The molecule has 18 heavy (non-hydrogen) atoms. The maximum atomic E-state index is 12.3. The molecule has 1 aliphatic heterocycles. The van der Waals surface area contributed by atoms with Gasteiger partial charge >= 0.3 is 0 Å². The fraction of sp³-hybridized carbons (Fsp3) is 0.143. The van der Waals surface area contributed by atoms with E-state index in [9.17, 15) is 9.59 Å². The second-order valence-electron chi connectivity index (χ2n) is 4.13. The third kappa shape index (κ3) is 1.84. The van der Waals surface area contributed by atoms with E-state index in [0.717, 1.165) is 16.5 Å². The zero-order valence-electron chi connectivity index (χ0n) is 9.63. The number of hydrogen-bond donors (Lipinski definition) is 0. The molecular weight excluding hydrogens is 246 g/mol. The summed E-state index contributed by atoms with van der Waals surface area (Å²) in [6.07, 6.45) is 4.01. The Morgan fingerprint density at radius 2 is 2.11 bits per heavy atom. The summed E-state index contributed by atoms with van der Waals surface area (Å²) < 4.78 is 1.07. The summed E-state index contributed by atoms with van der Waals surface area (Å²) in [5, 5.41) is 1.05. The number of carbonyl (C=O) groups is 2. The van der Waals surface area contributed by atoms with Crippen molar-refractivity contribution < 1.29 is 9.59 Å². The van der Waals surface area contributed by atoms with Crippen LogP contribution < -0.4 is 0 Å². The predicted octanol–water partition coefficient (Wildman–Crippen LogP) is 2.83. The van der Waals surface area contributed by atoms with Crippen molar-refractivity contribution in [3.63, 3.8) is 0 Å². The SMILES string of the molecule is O=C1C=CCCN1C(=O)c1cc2ccccc2s1. The maximum Gasteiger partial charge on any atom is 0.270 e. The van der Waals surface area contributed by atoms with Gasteiger partial charge in [0.15, 0.2) is 0 Å². The third-order valence-corrected chi connectivity index (χ3v) is 4.03. The summed E-state index contributed by atoms with van der Waals surface area (Å²) in [5.74, 6) is -0.408. The maximum absolute atomic E-state index is 12.3. The Morgan fingerprint density at radius 3 is 2.89 bits per heavy atom. The summed E-state index contributed by atoms with van der Waals surface area (Å²) in [4.78, 5) is 25.8. The summed E-state index contributed by atoms with van der Waals surface area (Å²) >= 11 is 1.43. The Kier molecular flexibility index (Phi) is 2.72. The Bertz CT molecular complexity index is 624. The van der Waals surface area contributed by atoms with Crippen molar-refractivity contribution in [3.05, 3.63) is 47.4 Å². The van der Waals surface area contributed by atoms with Gasteiger partial charge in [-0.2, -0.15) is 0 Å². The molecule has 1 aliphatic rings. The molecule has 4 heteroatoms. The van der Waals surface area contributed by atoms with Crippen LogP contribution in [0, 0.1) is 0 Å². The van der Waals surface area contributed by atoms with Gasteiger partial charge < -0.3 is 0 Å². The number of benzene rings is 1. The van der Waals surface area contributed by atoms with Crippen LogP contribution >= 0.6 is 11.3 Å². The third-order valence-electron chi connectivity index (χ3n) is 2.93. The van der Waals surface area contributed by atoms with Crippen LogP contribution in [0.1, 0.15) is 16.1 Å². The number of hydrogen-bond acceptors (Lipinski definition) is 3. The van der Waals surface area contributed by atoms with E-state index in [1.807, 2.05) is 30.3 Å². The van der Waals surface area contributed by atoms with E-state index in [4.69, 9.17) is 0 Å². The molecule has 2 aromatic rings. The molecule has 0 fully saturated rings. The van der Waals surface area contributed by atoms with E-state index in [0.29, 0.717) is 11.4 Å². The monoisotopic (exact) mass is 257 g/mol. The molecule has 0 bridgehead atoms. The number of thiophene rings is 1. The van der Waals surface area contributed by atoms with E-state index in [-0.39, 0.29) is 11.8 Å². The smallest absolute Gasteiger partial charge is 0.270 e. The van der Waals surface area contributed by atoms with E-state index in [1.54, 1.807) is 6.08 Å². The van der Waals surface area contributed by atoms with Crippen LogP contribution in [0.4, 0.5) is 0 Å². The first-order valence-electron chi connectivity index (χ1n) is 5.76. The molecule has 1 aromatic heterocycles. The molecule has 0 unspecified atom stereocenters. The molecule has 2 amide bonds. The first-order chi connectivity index (χ1) is 8.75. The predicted molar refractivity (Wildman–Crippen MR) is 71.6 cm³/mol. The van der Waals surface area contributed by atoms with Crippen LogP contribution in [0.25, 0.3) is 10.1 Å². The zero-order chi connectivity index (χ0) is 12.5. The van der Waals surface area contributed by atoms with Gasteiger partial charge in [-0.1, -0.05) is 24.3 Å². The number of rotatable bonds is 1. The van der Waals surface area contributed by atoms with Gasteiger partial charge in [0.1, 0.15) is 0 Å². The largest absolute Gasteiger partial charge is 0.274 e. The van der Waals surface area contributed by atoms with Gasteiger partial charge in [0.25, 0.3) is 11.8 Å². The average Bonchev–Trinajstić information content (AvgIpc) is 2.82. The van der Waals surface area contributed by atoms with E-state index in [1.165, 1.54) is 22.3 Å². The van der Waals surface area contributed by atoms with Crippen LogP contribution in [-0.4, -0.2) is 23.3 Å². The highest BCUT2D eigenvalue weighted by molar-refractivity contribution is 7.20. The van der Waals surface area contributed by atoms with Gasteiger partial charge in [-0.25, -0.2) is 0 Å². The van der Waals surface area contributed by atoms with E-state index in [2.05, 4.69) is 0 Å². The van der Waals surface area contributed by atoms with Crippen LogP contribution in [0.2, 0.25) is 0 Å². The normalized spacial score (nSPS) is 15.3. The molecule has 90 valence electrons. The Balaban J connectivity index is 1.96. The Labute approximate surface area is 108 Å². The second-order valence-corrected chi connectivity index (χ2v) is 5.22. The van der Waals surface area contributed by atoms with Crippen molar-refractivity contribution in [2.75, 3.05) is 6.54 Å². The number of nitrogens with zero attached hydrogens (tertiary/aromatic N) is 1. The molecule has 0 aliphatic carbocycles. The van der Waals surface area contributed by atoms with Gasteiger partial charge in [-0.05, 0) is 30.0 Å². The lowest BCUT2D eigenvalue weighted by Crippen LogP contribution is -2.37. The topological polar surface area (TPSA) is 37.4 Å². The number of fused-ring (bicyclic) bond motifs is 1. The quantitative estimate of drug-likeness (QED) is 0.737. The van der Waals surface area contributed by atoms with Gasteiger partial charge in [0, 0.05) is 11.2 Å². The number of imide groups is 1. The molecule has 0 radical (unpaired) electrons. The molecule has 0 spiro atoms. The number of amides is 2. The van der Waals surface area contributed by atoms with Gasteiger partial charge in [0.2, 0.25) is 0 Å². The molecule has 0 saturated carbocycles. The van der Waals surface area contributed by atoms with Crippen molar-refractivity contribution in [3.8, 4) is 0 Å². The average molecular weight is 257 g/mol. The molecule has 0 atom stereocenters. The summed E-state index contributed by atoms with van der Waals surface area (Å²) in [7, 11) is 0. The van der Waals surface area contributed by atoms with Gasteiger partial charge in [-0.3, -0.25) is 14.5 Å². The highest BCUT2D eigenvalue weighted by Gasteiger charge is 2.23. The lowest BCUT2D eigenvalue weighted by molar-refractivity contribution is -0.124. The van der Waals surface area contributed by atoms with Gasteiger partial charge in [0.05, 0.1) is 4.88 Å². The zero-order valence-corrected chi connectivity index (χ0v) is 10.4. The van der Waals surface area contributed by atoms with Crippen LogP contribution in [0.5, 0.6) is 0 Å². The van der Waals surface area contributed by atoms with E-state index >= 15 is 0 Å². The summed E-state index contributed by atoms with van der Waals surface area (Å²) in [5.41, 5.74) is 0. The van der Waals surface area contributed by atoms with Crippen molar-refractivity contribution in [2.45, 2.75) is 6.42 Å². The Morgan fingerprint density at radius 1 is 1.28 bits per heavy atom. The van der Waals surface area contributed by atoms with Crippen molar-refractivity contribution in [1.29, 1.82) is 0 Å². The molecule has 2 heterocycles. The van der Waals surface area contributed by atoms with Crippen LogP contribution in [-0.2, 0) is 4.79 Å². The van der Waals surface area contributed by atoms with Crippen molar-refractivity contribution in [2.24, 2.45) is 0 Å². The lowest BCUT2D eigenvalue weighted by atomic mass is 10.2. The van der Waals surface area contributed by atoms with Crippen molar-refractivity contribution in [1.82, 2.24) is 4.90 Å². The van der Waals surface area contributed by atoms with Crippen LogP contribution in [0.15, 0.2) is 42.5 Å². The fourth-order valence-electron chi connectivity index (χ4n) is 2.01. The minimum absolute atomic E-state index is 0.189. The fourth-order valence-corrected chi connectivity index (χ4v) is 3.02. The summed E-state index contributed by atoms with van der Waals surface area (Å²) in [6, 6.07) is 9.70. The second kappa shape index (κ2) is 4.38. The molecule has 3 nitrogen and oxygen atoms in total. The van der Waals surface area contributed by atoms with Gasteiger partial charge in [-0.15, -0.1) is 11.3 Å². The summed E-state index contributed by atoms with van der Waals surface area (Å²) in [6.45, 7) is 0.475. The standard InChI is InChI=1S/C14H11NO2S/c16-13-7-3-4-8-15(13)14(17)12-9-10-5-1-2-6-11(10)18-12/h1-3,5-7,9H,4,8H2. The first-order valence-corrected chi connectivity index (χ1v) is 6.58.